The highest BCUT2D eigenvalue weighted by molar-refractivity contribution is 7.92. The Balaban J connectivity index is 1.25. The molecule has 0 radical (unpaired) electrons. The number of rotatable bonds is 6. The van der Waals surface area contributed by atoms with E-state index in [0.29, 0.717) is 18.7 Å². The van der Waals surface area contributed by atoms with Gasteiger partial charge in [0.15, 0.2) is 0 Å². The summed E-state index contributed by atoms with van der Waals surface area (Å²) in [5.74, 6) is -1.08. The summed E-state index contributed by atoms with van der Waals surface area (Å²) in [5.41, 5.74) is 2.24. The second kappa shape index (κ2) is 8.71. The highest BCUT2D eigenvalue weighted by Crippen LogP contribution is 2.26. The first-order valence-electron chi connectivity index (χ1n) is 10.5. The Labute approximate surface area is 195 Å². The Kier molecular flexibility index (Phi) is 5.58. The third-order valence-electron chi connectivity index (χ3n) is 5.59. The van der Waals surface area contributed by atoms with Crippen LogP contribution < -0.4 is 4.72 Å². The fourth-order valence-corrected chi connectivity index (χ4v) is 4.89. The van der Waals surface area contributed by atoms with Crippen LogP contribution in [0.2, 0.25) is 0 Å². The van der Waals surface area contributed by atoms with Crippen molar-refractivity contribution in [2.45, 2.75) is 10.9 Å². The van der Waals surface area contributed by atoms with Gasteiger partial charge >= 0.3 is 0 Å². The molecule has 0 spiro atoms. The van der Waals surface area contributed by atoms with Crippen LogP contribution in [0.1, 0.15) is 16.4 Å². The van der Waals surface area contributed by atoms with Gasteiger partial charge in [0, 0.05) is 29.9 Å². The number of amides is 1. The van der Waals surface area contributed by atoms with Crippen LogP contribution >= 0.6 is 0 Å². The van der Waals surface area contributed by atoms with Crippen molar-refractivity contribution >= 4 is 21.6 Å². The largest absolute Gasteiger partial charge is 0.334 e. The number of carbonyl (C=O) groups excluding carboxylic acids is 1. The Morgan fingerprint density at radius 1 is 0.971 bits per heavy atom. The number of hydrogen-bond donors (Lipinski definition) is 1. The van der Waals surface area contributed by atoms with E-state index < -0.39 is 20.7 Å². The van der Waals surface area contributed by atoms with E-state index in [1.54, 1.807) is 21.7 Å². The molecule has 5 rings (SSSR count). The molecule has 0 bridgehead atoms. The first kappa shape index (κ1) is 21.8. The van der Waals surface area contributed by atoms with E-state index in [2.05, 4.69) is 15.0 Å². The quantitative estimate of drug-likeness (QED) is 0.458. The molecule has 0 atom stereocenters. The van der Waals surface area contributed by atoms with Gasteiger partial charge in [-0.25, -0.2) is 17.5 Å². The average Bonchev–Trinajstić information content (AvgIpc) is 3.28. The molecule has 34 heavy (non-hydrogen) atoms. The molecule has 1 amide bonds. The van der Waals surface area contributed by atoms with Crippen molar-refractivity contribution in [1.82, 2.24) is 19.9 Å². The van der Waals surface area contributed by atoms with Gasteiger partial charge in [-0.1, -0.05) is 53.7 Å². The number of hydrogen-bond acceptors (Lipinski definition) is 5. The second-order valence-electron chi connectivity index (χ2n) is 7.93. The van der Waals surface area contributed by atoms with Gasteiger partial charge in [0.05, 0.1) is 12.2 Å². The SMILES string of the molecule is O=C(c1cccc(NS(=O)(=O)c2ccccc2F)c1)N1CC(n2cc(-c3ccccc3)nn2)C1. The second-order valence-corrected chi connectivity index (χ2v) is 9.58. The Morgan fingerprint density at radius 3 is 2.47 bits per heavy atom. The number of nitrogens with zero attached hydrogens (tertiary/aromatic N) is 4. The molecular formula is C24H20FN5O3S. The number of benzene rings is 3. The van der Waals surface area contributed by atoms with Crippen molar-refractivity contribution in [1.29, 1.82) is 0 Å². The van der Waals surface area contributed by atoms with Crippen molar-refractivity contribution < 1.29 is 17.6 Å². The maximum absolute atomic E-state index is 13.9. The van der Waals surface area contributed by atoms with Crippen LogP contribution in [0, 0.1) is 5.82 Å². The molecule has 1 fully saturated rings. The zero-order valence-electron chi connectivity index (χ0n) is 17.9. The predicted octanol–water partition coefficient (Wildman–Crippen LogP) is 3.58. The zero-order valence-corrected chi connectivity index (χ0v) is 18.7. The van der Waals surface area contributed by atoms with Gasteiger partial charge in [-0.15, -0.1) is 5.10 Å². The summed E-state index contributed by atoms with van der Waals surface area (Å²) in [6.45, 7) is 0.920. The Morgan fingerprint density at radius 2 is 1.71 bits per heavy atom. The predicted molar refractivity (Wildman–Crippen MR) is 124 cm³/mol. The number of halogens is 1. The van der Waals surface area contributed by atoms with Crippen molar-refractivity contribution in [2.75, 3.05) is 17.8 Å². The molecule has 1 saturated heterocycles. The zero-order chi connectivity index (χ0) is 23.7. The van der Waals surface area contributed by atoms with Crippen LogP contribution in [0.3, 0.4) is 0 Å². The first-order chi connectivity index (χ1) is 16.4. The topological polar surface area (TPSA) is 97.2 Å². The summed E-state index contributed by atoms with van der Waals surface area (Å²) in [7, 11) is -4.13. The van der Waals surface area contributed by atoms with Crippen LogP contribution in [-0.2, 0) is 10.0 Å². The summed E-state index contributed by atoms with van der Waals surface area (Å²) in [6, 6.07) is 21.0. The number of sulfonamides is 1. The standard InChI is InChI=1S/C24H20FN5O3S/c25-21-11-4-5-12-23(21)34(32,33)27-19-10-6-9-18(13-19)24(31)29-14-20(15-29)30-16-22(26-28-30)17-7-2-1-3-8-17/h1-13,16,20,27H,14-15H2. The van der Waals surface area contributed by atoms with Crippen LogP contribution in [0.15, 0.2) is 90.0 Å². The van der Waals surface area contributed by atoms with Crippen molar-refractivity contribution in [2.24, 2.45) is 0 Å². The molecule has 8 nitrogen and oxygen atoms in total. The van der Waals surface area contributed by atoms with Crippen LogP contribution in [0.4, 0.5) is 10.1 Å². The minimum absolute atomic E-state index is 0.0108. The monoisotopic (exact) mass is 477 g/mol. The summed E-state index contributed by atoms with van der Waals surface area (Å²) in [4.78, 5) is 14.1. The number of anilines is 1. The van der Waals surface area contributed by atoms with Crippen molar-refractivity contribution in [3.05, 3.63) is 96.4 Å². The third-order valence-corrected chi connectivity index (χ3v) is 7.01. The highest BCUT2D eigenvalue weighted by Gasteiger charge is 2.33. The van der Waals surface area contributed by atoms with Crippen LogP contribution in [-0.4, -0.2) is 47.3 Å². The van der Waals surface area contributed by atoms with Crippen molar-refractivity contribution in [3.8, 4) is 11.3 Å². The lowest BCUT2D eigenvalue weighted by molar-refractivity contribution is 0.0498. The van der Waals surface area contributed by atoms with E-state index in [9.17, 15) is 17.6 Å². The van der Waals surface area contributed by atoms with E-state index in [0.717, 1.165) is 17.3 Å². The molecule has 0 aliphatic carbocycles. The summed E-state index contributed by atoms with van der Waals surface area (Å²) < 4.78 is 43.1. The maximum Gasteiger partial charge on any atom is 0.264 e. The van der Waals surface area contributed by atoms with Gasteiger partial charge in [-0.3, -0.25) is 9.52 Å². The van der Waals surface area contributed by atoms with E-state index in [-0.39, 0.29) is 17.6 Å². The van der Waals surface area contributed by atoms with E-state index >= 15 is 0 Å². The first-order valence-corrected chi connectivity index (χ1v) is 12.0. The van der Waals surface area contributed by atoms with Gasteiger partial charge in [-0.2, -0.15) is 0 Å². The minimum Gasteiger partial charge on any atom is -0.334 e. The highest BCUT2D eigenvalue weighted by atomic mass is 32.2. The third kappa shape index (κ3) is 4.27. The van der Waals surface area contributed by atoms with Crippen LogP contribution in [0.25, 0.3) is 11.3 Å². The van der Waals surface area contributed by atoms with Gasteiger partial charge in [0.25, 0.3) is 15.9 Å². The molecule has 4 aromatic rings. The van der Waals surface area contributed by atoms with E-state index in [1.165, 1.54) is 30.3 Å². The fraction of sp³-hybridized carbons (Fsp3) is 0.125. The number of likely N-dealkylation sites (tertiary alicyclic amines) is 1. The lowest BCUT2D eigenvalue weighted by atomic mass is 10.1. The number of nitrogens with one attached hydrogen (secondary N) is 1. The van der Waals surface area contributed by atoms with Crippen molar-refractivity contribution in [3.63, 3.8) is 0 Å². The fourth-order valence-electron chi connectivity index (χ4n) is 3.76. The lowest BCUT2D eigenvalue weighted by Crippen LogP contribution is -2.50. The average molecular weight is 478 g/mol. The van der Waals surface area contributed by atoms with Crippen LogP contribution in [0.5, 0.6) is 0 Å². The maximum atomic E-state index is 13.9. The molecule has 1 aliphatic heterocycles. The molecule has 10 heteroatoms. The molecule has 0 saturated carbocycles. The Bertz CT molecular complexity index is 1450. The molecule has 1 aromatic heterocycles. The molecule has 2 heterocycles. The summed E-state index contributed by atoms with van der Waals surface area (Å²) >= 11 is 0. The number of aromatic nitrogens is 3. The molecule has 3 aromatic carbocycles. The Hall–Kier alpha value is -4.05. The normalized spacial score (nSPS) is 14.0. The van der Waals surface area contributed by atoms with Gasteiger partial charge in [0.1, 0.15) is 16.4 Å². The van der Waals surface area contributed by atoms with Gasteiger partial charge < -0.3 is 4.90 Å². The molecule has 0 unspecified atom stereocenters. The molecular weight excluding hydrogens is 457 g/mol. The smallest absolute Gasteiger partial charge is 0.264 e. The summed E-state index contributed by atoms with van der Waals surface area (Å²) in [5, 5.41) is 8.40. The molecule has 1 N–H and O–H groups in total. The summed E-state index contributed by atoms with van der Waals surface area (Å²) in [6.07, 6.45) is 1.86. The minimum atomic E-state index is -4.13. The van der Waals surface area contributed by atoms with E-state index in [1.807, 2.05) is 36.5 Å². The van der Waals surface area contributed by atoms with Gasteiger partial charge in [-0.05, 0) is 30.3 Å². The molecule has 172 valence electrons. The lowest BCUT2D eigenvalue weighted by Gasteiger charge is -2.38. The van der Waals surface area contributed by atoms with Gasteiger partial charge in [0.2, 0.25) is 0 Å². The molecule has 1 aliphatic rings. The van der Waals surface area contributed by atoms with E-state index in [4.69, 9.17) is 0 Å². The number of carbonyl (C=O) groups is 1.